The Kier molecular flexibility index (Phi) is 7.71. The molecule has 3 amide bonds. The molecule has 0 spiro atoms. The molecule has 2 saturated heterocycles. The van der Waals surface area contributed by atoms with E-state index in [1.54, 1.807) is 56.3 Å². The molecule has 2 aromatic heterocycles. The second-order valence-corrected chi connectivity index (χ2v) is 11.1. The number of nitrogens with zero attached hydrogens (tertiary/aromatic N) is 2. The average molecular weight is 546 g/mol. The molecule has 192 valence electrons. The van der Waals surface area contributed by atoms with Crippen LogP contribution in [0.1, 0.15) is 37.2 Å². The van der Waals surface area contributed by atoms with Crippen molar-refractivity contribution in [3.8, 4) is 0 Å². The molecular weight excluding hydrogens is 521 g/mol. The van der Waals surface area contributed by atoms with Gasteiger partial charge in [0.15, 0.2) is 0 Å². The fraction of sp³-hybridized carbons (Fsp3) is 0.280. The third kappa shape index (κ3) is 4.73. The predicted octanol–water partition coefficient (Wildman–Crippen LogP) is -1.86. The Morgan fingerprint density at radius 3 is 2.55 bits per heavy atom. The fourth-order valence-electron chi connectivity index (χ4n) is 4.75. The van der Waals surface area contributed by atoms with E-state index < -0.39 is 57.4 Å². The van der Waals surface area contributed by atoms with Crippen LogP contribution in [0.4, 0.5) is 0 Å². The smallest absolute Gasteiger partial charge is 1.00 e. The largest absolute Gasteiger partial charge is 1.00 e. The zero-order valence-corrected chi connectivity index (χ0v) is 23.6. The van der Waals surface area contributed by atoms with Gasteiger partial charge in [0.25, 0.3) is 5.91 Å². The zero-order valence-electron chi connectivity index (χ0n) is 21.8. The van der Waals surface area contributed by atoms with Crippen molar-refractivity contribution in [2.75, 3.05) is 0 Å². The molecular formula is C25H24N5NaO6S. The van der Waals surface area contributed by atoms with E-state index in [1.807, 2.05) is 0 Å². The van der Waals surface area contributed by atoms with Crippen LogP contribution in [0.2, 0.25) is 0 Å². The number of thioether (sulfide) groups is 1. The SMILES string of the molecule is CC1(C)S[C@@H]2[C@H](NC(=O)[C@H](NC(=O)c3c[nH]c4cccnc4c3=O)c3ccccc3)C(=O)N2[C@H]1C(=O)O.[H-].[Na+]. The standard InChI is InChI=1S/C25H23N5O6S.Na.H/c1-25(2)19(24(35)36)30-22(34)17(23(30)37-25)29-21(33)15(12-7-4-3-5-8-12)28-20(32)13-11-27-14-9-6-10-26-16(14)18(13)31;;/h3-11,15,17,19,23H,1-2H3,(H,27,31)(H,28,32)(H,29,33)(H,35,36);;/q;+1;-1/t15-,17-,19+,23-;;/m1../s1. The molecule has 1 aromatic carbocycles. The van der Waals surface area contributed by atoms with Crippen LogP contribution in [0.25, 0.3) is 11.0 Å². The van der Waals surface area contributed by atoms with Crippen molar-refractivity contribution >= 4 is 46.5 Å². The Hall–Kier alpha value is -3.19. The first-order valence-corrected chi connectivity index (χ1v) is 12.3. The number of H-pyrrole nitrogens is 1. The van der Waals surface area contributed by atoms with E-state index in [0.29, 0.717) is 11.1 Å². The number of pyridine rings is 2. The average Bonchev–Trinajstić information content (AvgIpc) is 3.14. The van der Waals surface area contributed by atoms with Gasteiger partial charge in [-0.3, -0.25) is 24.2 Å². The van der Waals surface area contributed by atoms with Crippen LogP contribution in [0.15, 0.2) is 59.7 Å². The van der Waals surface area contributed by atoms with Crippen molar-refractivity contribution in [1.82, 2.24) is 25.5 Å². The number of rotatable bonds is 6. The number of aromatic amines is 1. The third-order valence-corrected chi connectivity index (χ3v) is 8.10. The molecule has 0 bridgehead atoms. The van der Waals surface area contributed by atoms with Gasteiger partial charge in [-0.1, -0.05) is 30.3 Å². The predicted molar refractivity (Wildman–Crippen MR) is 136 cm³/mol. The third-order valence-electron chi connectivity index (χ3n) is 6.53. The molecule has 2 aliphatic heterocycles. The molecule has 0 radical (unpaired) electrons. The van der Waals surface area contributed by atoms with Crippen molar-refractivity contribution in [3.63, 3.8) is 0 Å². The maximum absolute atomic E-state index is 13.4. The Morgan fingerprint density at radius 1 is 1.16 bits per heavy atom. The minimum absolute atomic E-state index is 0. The summed E-state index contributed by atoms with van der Waals surface area (Å²) in [6.07, 6.45) is 2.70. The summed E-state index contributed by atoms with van der Waals surface area (Å²) in [6, 6.07) is 8.54. The summed E-state index contributed by atoms with van der Waals surface area (Å²) in [6.45, 7) is 3.48. The summed E-state index contributed by atoms with van der Waals surface area (Å²) in [7, 11) is 0. The number of carbonyl (C=O) groups is 4. The monoisotopic (exact) mass is 545 g/mol. The van der Waals surface area contributed by atoms with Gasteiger partial charge in [0, 0.05) is 17.1 Å². The second-order valence-electron chi connectivity index (χ2n) is 9.33. The van der Waals surface area contributed by atoms with Crippen molar-refractivity contribution in [2.45, 2.75) is 42.1 Å². The number of aliphatic carboxylic acids is 1. The molecule has 0 unspecified atom stereocenters. The number of fused-ring (bicyclic) bond motifs is 2. The number of β-lactam (4-membered cyclic amide) rings is 1. The second kappa shape index (κ2) is 10.5. The van der Waals surface area contributed by atoms with Gasteiger partial charge in [0.1, 0.15) is 34.6 Å². The van der Waals surface area contributed by atoms with Gasteiger partial charge >= 0.3 is 35.5 Å². The van der Waals surface area contributed by atoms with Crippen molar-refractivity contribution < 1.29 is 55.3 Å². The number of benzene rings is 1. The van der Waals surface area contributed by atoms with E-state index >= 15 is 0 Å². The number of carboxylic acids is 1. The Morgan fingerprint density at radius 2 is 1.87 bits per heavy atom. The van der Waals surface area contributed by atoms with E-state index in [0.717, 1.165) is 0 Å². The molecule has 5 rings (SSSR count). The molecule has 13 heteroatoms. The summed E-state index contributed by atoms with van der Waals surface area (Å²) in [5.74, 6) is -3.06. The number of carboxylic acid groups (broad SMARTS) is 1. The summed E-state index contributed by atoms with van der Waals surface area (Å²) >= 11 is 1.30. The Balaban J connectivity index is 0.00000210. The van der Waals surface area contributed by atoms with Crippen LogP contribution in [-0.2, 0) is 14.4 Å². The molecule has 2 aliphatic rings. The summed E-state index contributed by atoms with van der Waals surface area (Å²) in [4.78, 5) is 72.2. The first-order valence-electron chi connectivity index (χ1n) is 11.5. The molecule has 0 aliphatic carbocycles. The molecule has 3 aromatic rings. The number of aromatic nitrogens is 2. The number of nitrogens with one attached hydrogen (secondary N) is 3. The summed E-state index contributed by atoms with van der Waals surface area (Å²) in [5.41, 5.74) is 0.183. The van der Waals surface area contributed by atoms with Crippen LogP contribution in [0.5, 0.6) is 0 Å². The van der Waals surface area contributed by atoms with Crippen LogP contribution in [-0.4, -0.2) is 65.9 Å². The summed E-state index contributed by atoms with van der Waals surface area (Å²) < 4.78 is -0.746. The van der Waals surface area contributed by atoms with Crippen molar-refractivity contribution in [3.05, 3.63) is 76.2 Å². The number of hydrogen-bond acceptors (Lipinski definition) is 7. The number of hydrogen-bond donors (Lipinski definition) is 4. The van der Waals surface area contributed by atoms with Crippen LogP contribution >= 0.6 is 11.8 Å². The van der Waals surface area contributed by atoms with Gasteiger partial charge in [-0.2, -0.15) is 0 Å². The van der Waals surface area contributed by atoms with Crippen LogP contribution < -0.4 is 45.6 Å². The first-order chi connectivity index (χ1) is 17.6. The molecule has 38 heavy (non-hydrogen) atoms. The molecule has 2 fully saturated rings. The van der Waals surface area contributed by atoms with Gasteiger partial charge in [-0.15, -0.1) is 11.8 Å². The Bertz CT molecular complexity index is 1500. The summed E-state index contributed by atoms with van der Waals surface area (Å²) in [5, 5.41) is 14.3. The molecule has 4 N–H and O–H groups in total. The van der Waals surface area contributed by atoms with E-state index in [1.165, 1.54) is 29.1 Å². The van der Waals surface area contributed by atoms with Crippen LogP contribution in [0, 0.1) is 0 Å². The first kappa shape index (κ1) is 27.8. The van der Waals surface area contributed by atoms with Gasteiger partial charge < -0.3 is 27.1 Å². The van der Waals surface area contributed by atoms with E-state index in [9.17, 15) is 29.1 Å². The van der Waals surface area contributed by atoms with E-state index in [4.69, 9.17) is 0 Å². The number of carbonyl (C=O) groups excluding carboxylic acids is 3. The van der Waals surface area contributed by atoms with E-state index in [2.05, 4.69) is 20.6 Å². The van der Waals surface area contributed by atoms with Gasteiger partial charge in [-0.25, -0.2) is 4.79 Å². The van der Waals surface area contributed by atoms with Gasteiger partial charge in [0.2, 0.25) is 17.2 Å². The molecule has 4 heterocycles. The quantitative estimate of drug-likeness (QED) is 0.207. The van der Waals surface area contributed by atoms with Crippen LogP contribution in [0.3, 0.4) is 0 Å². The molecule has 11 nitrogen and oxygen atoms in total. The zero-order chi connectivity index (χ0) is 26.5. The molecule has 0 saturated carbocycles. The normalized spacial score (nSPS) is 22.0. The minimum Gasteiger partial charge on any atom is -1.00 e. The maximum Gasteiger partial charge on any atom is 1.00 e. The van der Waals surface area contributed by atoms with E-state index in [-0.39, 0.29) is 42.1 Å². The van der Waals surface area contributed by atoms with Gasteiger partial charge in [0.05, 0.1) is 5.52 Å². The maximum atomic E-state index is 13.4. The number of amides is 3. The molecule has 4 atom stereocenters. The minimum atomic E-state index is -1.22. The van der Waals surface area contributed by atoms with Gasteiger partial charge in [-0.05, 0) is 31.5 Å². The topological polar surface area (TPSA) is 162 Å². The Labute approximate surface area is 244 Å². The van der Waals surface area contributed by atoms with Crippen molar-refractivity contribution in [2.24, 2.45) is 0 Å². The fourth-order valence-corrected chi connectivity index (χ4v) is 6.38. The van der Waals surface area contributed by atoms with Crippen molar-refractivity contribution in [1.29, 1.82) is 0 Å².